The number of nitrogens with zero attached hydrogens (tertiary/aromatic N) is 2. The second-order valence-corrected chi connectivity index (χ2v) is 35.2. The summed E-state index contributed by atoms with van der Waals surface area (Å²) >= 11 is 0. The fourth-order valence-corrected chi connectivity index (χ4v) is 15.3. The Balaban J connectivity index is -0.000000246. The molecule has 0 aromatic heterocycles. The van der Waals surface area contributed by atoms with E-state index in [1.807, 2.05) is 6.92 Å². The Morgan fingerprint density at radius 1 is 0.265 bits per heavy atom. The second kappa shape index (κ2) is 114. The van der Waals surface area contributed by atoms with Crippen molar-refractivity contribution in [3.63, 3.8) is 0 Å². The van der Waals surface area contributed by atoms with Gasteiger partial charge in [-0.15, -0.1) is 124 Å². The van der Waals surface area contributed by atoms with Crippen LogP contribution in [-0.2, 0) is 47.9 Å². The molecule has 0 radical (unpaired) electrons. The van der Waals surface area contributed by atoms with E-state index in [0.717, 1.165) is 155 Å². The fourth-order valence-electron chi connectivity index (χ4n) is 15.3. The molecule has 0 bridgehead atoms. The first-order valence-electron chi connectivity index (χ1n) is 50.5. The van der Waals surface area contributed by atoms with Crippen molar-refractivity contribution in [1.29, 1.82) is 0 Å². The number of amides is 10. The number of hydrogen-bond acceptors (Lipinski definition) is 20. The van der Waals surface area contributed by atoms with Gasteiger partial charge < -0.3 is 109 Å². The lowest BCUT2D eigenvalue weighted by atomic mass is 10.0. The van der Waals surface area contributed by atoms with Crippen molar-refractivity contribution in [2.75, 3.05) is 105 Å². The largest absolute Gasteiger partial charge is 0.356 e. The monoisotopic (exact) mass is 2140 g/mol. The first-order chi connectivity index (χ1) is 61.1. The predicted molar refractivity (Wildman–Crippen MR) is 590 cm³/mol. The molecule has 0 aromatic rings. The van der Waals surface area contributed by atoms with E-state index in [2.05, 4.69) is 101 Å². The van der Waals surface area contributed by atoms with E-state index in [1.54, 1.807) is 0 Å². The molecule has 1 heterocycles. The average Bonchev–Trinajstić information content (AvgIpc) is 0.881. The lowest BCUT2D eigenvalue weighted by molar-refractivity contribution is -0.132. The minimum absolute atomic E-state index is 0. The zero-order valence-corrected chi connectivity index (χ0v) is 92.3. The maximum atomic E-state index is 13.6. The Morgan fingerprint density at radius 3 is 0.816 bits per heavy atom. The van der Waals surface area contributed by atoms with Gasteiger partial charge in [0, 0.05) is 78.2 Å². The van der Waals surface area contributed by atoms with Crippen LogP contribution in [0.25, 0.3) is 0 Å². The van der Waals surface area contributed by atoms with Crippen LogP contribution in [0.4, 0.5) is 0 Å². The molecule has 1 saturated heterocycles. The third-order valence-electron chi connectivity index (χ3n) is 23.3. The number of piperazine rings is 1. The first kappa shape index (κ1) is 155. The van der Waals surface area contributed by atoms with Gasteiger partial charge in [-0.1, -0.05) is 154 Å². The van der Waals surface area contributed by atoms with Gasteiger partial charge in [0.15, 0.2) is 0 Å². The molecule has 30 nitrogen and oxygen atoms in total. The highest BCUT2D eigenvalue weighted by atomic mass is 35.5. The number of allylic oxidation sites excluding steroid dienone is 4. The summed E-state index contributed by atoms with van der Waals surface area (Å²) in [6, 6.07) is -5.42. The maximum absolute atomic E-state index is 13.6. The van der Waals surface area contributed by atoms with Crippen LogP contribution in [-0.4, -0.2) is 222 Å². The van der Waals surface area contributed by atoms with Crippen LogP contribution < -0.4 is 99.0 Å². The van der Waals surface area contributed by atoms with E-state index in [0.29, 0.717) is 187 Å². The summed E-state index contributed by atoms with van der Waals surface area (Å²) in [5, 5.41) is 29.4. The molecule has 1 rings (SSSR count). The van der Waals surface area contributed by atoms with Crippen molar-refractivity contribution in [2.45, 2.75) is 423 Å². The van der Waals surface area contributed by atoms with E-state index in [9.17, 15) is 47.9 Å². The highest BCUT2D eigenvalue weighted by Gasteiger charge is 2.31. The Labute approximate surface area is 885 Å². The molecule has 10 amide bonds. The van der Waals surface area contributed by atoms with Crippen LogP contribution >= 0.6 is 124 Å². The normalized spacial score (nSPS) is 13.3. The van der Waals surface area contributed by atoms with Gasteiger partial charge in [-0.2, -0.15) is 0 Å². The van der Waals surface area contributed by atoms with Gasteiger partial charge in [0.25, 0.3) is 0 Å². The summed E-state index contributed by atoms with van der Waals surface area (Å²) in [6.07, 6.45) is 58.2. The van der Waals surface area contributed by atoms with E-state index < -0.39 is 65.9 Å². The van der Waals surface area contributed by atoms with Gasteiger partial charge in [0.05, 0.1) is 12.1 Å². The molecule has 26 N–H and O–H groups in total. The molecule has 40 heteroatoms. The number of carbonyl (C=O) groups excluding carboxylic acids is 10. The van der Waals surface area contributed by atoms with E-state index in [1.165, 1.54) is 116 Å². The highest BCUT2D eigenvalue weighted by Crippen LogP contribution is 2.17. The fraction of sp³-hybridized carbons (Fsp3) is 0.854. The van der Waals surface area contributed by atoms with E-state index in [-0.39, 0.29) is 166 Å². The van der Waals surface area contributed by atoms with Gasteiger partial charge in [0.2, 0.25) is 59.1 Å². The molecule has 0 saturated carbocycles. The smallest absolute Gasteiger partial charge is 0.243 e. The molecule has 1 aliphatic heterocycles. The summed E-state index contributed by atoms with van der Waals surface area (Å²) in [6.45, 7) is 18.6. The Morgan fingerprint density at radius 2 is 0.507 bits per heavy atom. The minimum Gasteiger partial charge on any atom is -0.356 e. The summed E-state index contributed by atoms with van der Waals surface area (Å²) in [5.74, 6) is -2.49. The number of unbranched alkanes of at least 4 members (excludes halogenated alkanes) is 30. The zero-order valence-electron chi connectivity index (χ0n) is 84.1. The maximum Gasteiger partial charge on any atom is 0.243 e. The third-order valence-corrected chi connectivity index (χ3v) is 23.3. The van der Waals surface area contributed by atoms with Crippen molar-refractivity contribution in [1.82, 2.24) is 63.0 Å². The van der Waals surface area contributed by atoms with Gasteiger partial charge in [-0.3, -0.25) is 47.9 Å². The number of hydrogen-bond donors (Lipinski definition) is 18. The Bertz CT molecular complexity index is 2820. The summed E-state index contributed by atoms with van der Waals surface area (Å²) in [7, 11) is 0. The zero-order chi connectivity index (χ0) is 92.9. The molecular weight excluding hydrogens is 1950 g/mol. The summed E-state index contributed by atoms with van der Waals surface area (Å²) in [5.41, 5.74) is 46.2. The molecule has 8 unspecified atom stereocenters. The van der Waals surface area contributed by atoms with Crippen molar-refractivity contribution < 1.29 is 47.9 Å². The first-order valence-corrected chi connectivity index (χ1v) is 50.5. The van der Waals surface area contributed by atoms with Gasteiger partial charge in [-0.05, 0) is 278 Å². The van der Waals surface area contributed by atoms with Crippen LogP contribution in [0.15, 0.2) is 24.3 Å². The molecule has 0 aromatic carbocycles. The van der Waals surface area contributed by atoms with Crippen LogP contribution in [0.2, 0.25) is 0 Å². The van der Waals surface area contributed by atoms with Gasteiger partial charge in [0.1, 0.15) is 30.2 Å². The van der Waals surface area contributed by atoms with Gasteiger partial charge in [-0.25, -0.2) is 0 Å². The van der Waals surface area contributed by atoms with Crippen molar-refractivity contribution in [3.8, 4) is 0 Å². The number of nitrogens with one attached hydrogen (secondary N) is 10. The number of halogens is 10. The number of carbonyl (C=O) groups is 10. The molecule has 8 atom stereocenters. The SMILES string of the molecule is CCCCCCCC/C=C\CCCCCCCC(=O)NC(C)CCCCNC(=O)C(CCCCN)NC(=O)C(CCCCN)NC(=O)C(N)CCCCN.CCCCCCCC/C=C\CCCCCCCC(=O)NC(CCCCNC(=O)C(CCCCN)NC(=O)C(CCCCN)NC(=O)C(N)CCCCN)C(=O)NCCCN1CCN(CCCNC(C)=O)CC1.Cl.Cl.Cl.Cl.Cl.Cl.Cl.Cl.Cl.Cl. The highest BCUT2D eigenvalue weighted by molar-refractivity contribution is 5.94. The number of nitrogens with two attached hydrogens (primary N) is 8. The Kier molecular flexibility index (Phi) is 130. The lowest BCUT2D eigenvalue weighted by Gasteiger charge is -2.34. The summed E-state index contributed by atoms with van der Waals surface area (Å²) in [4.78, 5) is 135. The third kappa shape index (κ3) is 94.3. The molecular formula is C96H200Cl10N20O10. The topological polar surface area (TPSA) is 506 Å². The van der Waals surface area contributed by atoms with Crippen LogP contribution in [0.3, 0.4) is 0 Å². The quantitative estimate of drug-likeness (QED) is 0.0199. The second-order valence-electron chi connectivity index (χ2n) is 35.2. The lowest BCUT2D eigenvalue weighted by Crippen LogP contribution is -2.55. The molecule has 0 aliphatic carbocycles. The summed E-state index contributed by atoms with van der Waals surface area (Å²) < 4.78 is 0. The molecule has 1 fully saturated rings. The Hall–Kier alpha value is -3.32. The molecule has 814 valence electrons. The van der Waals surface area contributed by atoms with E-state index in [4.69, 9.17) is 45.9 Å². The van der Waals surface area contributed by atoms with Crippen LogP contribution in [0.5, 0.6) is 0 Å². The predicted octanol–water partition coefficient (Wildman–Crippen LogP) is 13.8. The molecule has 136 heavy (non-hydrogen) atoms. The van der Waals surface area contributed by atoms with E-state index >= 15 is 0 Å². The van der Waals surface area contributed by atoms with Crippen molar-refractivity contribution in [2.24, 2.45) is 45.9 Å². The van der Waals surface area contributed by atoms with Gasteiger partial charge >= 0.3 is 0 Å². The van der Waals surface area contributed by atoms with Crippen molar-refractivity contribution in [3.05, 3.63) is 24.3 Å². The van der Waals surface area contributed by atoms with Crippen molar-refractivity contribution >= 4 is 183 Å². The molecule has 1 aliphatic rings. The average molecular weight is 2150 g/mol. The minimum atomic E-state index is -0.876. The standard InChI is InChI=1S/C54H106N12O6.C42H84N8O4.10ClH/c1-3-4-5-6-7-8-9-10-11-12-13-14-15-16-17-32-50(68)62-47(52(70)61-38-27-40-66-43-41-65(42-44-66)39-26-37-59-45(2)67)31-21-25-36-60-53(71)48(29-19-23-34-56)64-54(72)49(30-20-24-35-57)63-51(69)46(58)28-18-22-33-55;1-3-4-5-6-7-8-9-10-11-12-13-14-15-16-17-30-39(51)48-35(2)26-21-25-34-47-41(53)37(28-19-23-32-44)50-42(54)38(29-20-24-33-45)49-40(52)36(46)27-18-22-31-43;;;;;;;;;;/h10-11,46-49H,3-9,12-44,55-58H2,1-2H3,(H,59,67)(H,60,71)(H,61,70)(H,62,68)(H,63,69)(H,64,72);10-11,35-38H,3-9,12-34,43-46H2,1-2H3,(H,47,53)(H,48,51)(H,49,52)(H,50,54);10*1H/b2*11-10-;;;;;;;;;;. The van der Waals surface area contributed by atoms with Crippen LogP contribution in [0.1, 0.15) is 374 Å². The molecule has 0 spiro atoms. The number of rotatable bonds is 85. The van der Waals surface area contributed by atoms with Crippen LogP contribution in [0, 0.1) is 0 Å².